The summed E-state index contributed by atoms with van der Waals surface area (Å²) in [6.07, 6.45) is 3.70. The number of methoxy groups -OCH3 is 1. The van der Waals surface area contributed by atoms with Gasteiger partial charge in [-0.25, -0.2) is 4.79 Å². The number of aryl methyl sites for hydroxylation is 2. The summed E-state index contributed by atoms with van der Waals surface area (Å²) in [5.74, 6) is -0.459. The molecule has 0 fully saturated rings. The van der Waals surface area contributed by atoms with Crippen LogP contribution < -0.4 is 11.4 Å². The Morgan fingerprint density at radius 1 is 1.60 bits per heavy atom. The summed E-state index contributed by atoms with van der Waals surface area (Å²) in [6, 6.07) is -0.679. The molecule has 0 aliphatic rings. The molecule has 0 aliphatic carbocycles. The van der Waals surface area contributed by atoms with Crippen molar-refractivity contribution in [3.8, 4) is 0 Å². The molecule has 6 nitrogen and oxygen atoms in total. The summed E-state index contributed by atoms with van der Waals surface area (Å²) in [5.41, 5.74) is 5.42. The number of aromatic nitrogens is 2. The fourth-order valence-electron chi connectivity index (χ4n) is 1.23. The molecule has 1 atom stereocenters. The first-order chi connectivity index (χ1) is 7.06. The minimum atomic E-state index is -0.679. The van der Waals surface area contributed by atoms with Gasteiger partial charge in [0.25, 0.3) is 0 Å². The Balaban J connectivity index is 2.54. The number of ether oxygens (including phenoxy) is 1. The molecule has 0 aliphatic heterocycles. The molecule has 0 bridgehead atoms. The van der Waals surface area contributed by atoms with Crippen molar-refractivity contribution < 1.29 is 9.53 Å². The minimum absolute atomic E-state index is 0.118. The number of nitrogens with two attached hydrogens (primary N) is 1. The van der Waals surface area contributed by atoms with Gasteiger partial charge in [-0.15, -0.1) is 0 Å². The first kappa shape index (κ1) is 11.5. The molecule has 0 saturated carbocycles. The Morgan fingerprint density at radius 3 is 2.73 bits per heavy atom. The summed E-state index contributed by atoms with van der Waals surface area (Å²) in [7, 11) is 2.95. The molecule has 15 heavy (non-hydrogen) atoms. The largest absolute Gasteiger partial charge is 0.468 e. The lowest BCUT2D eigenvalue weighted by Crippen LogP contribution is -2.34. The van der Waals surface area contributed by atoms with Gasteiger partial charge in [0.1, 0.15) is 6.04 Å². The van der Waals surface area contributed by atoms with Crippen molar-refractivity contribution in [1.82, 2.24) is 9.13 Å². The fourth-order valence-corrected chi connectivity index (χ4v) is 1.23. The molecule has 0 spiro atoms. The standard InChI is InChI=1S/C9H15N3O3/c1-11-5-6-12(9(11)14)4-3-7(10)8(13)15-2/h5-7H,3-4,10H2,1-2H3. The number of esters is 1. The molecule has 0 amide bonds. The first-order valence-electron chi connectivity index (χ1n) is 4.61. The van der Waals surface area contributed by atoms with Gasteiger partial charge >= 0.3 is 11.7 Å². The van der Waals surface area contributed by atoms with Crippen molar-refractivity contribution in [2.24, 2.45) is 12.8 Å². The van der Waals surface area contributed by atoms with Crippen LogP contribution >= 0.6 is 0 Å². The van der Waals surface area contributed by atoms with E-state index in [1.165, 1.54) is 16.2 Å². The molecule has 0 radical (unpaired) electrons. The SMILES string of the molecule is COC(=O)C(N)CCn1ccn(C)c1=O. The Kier molecular flexibility index (Phi) is 3.68. The van der Waals surface area contributed by atoms with Crippen LogP contribution in [0.4, 0.5) is 0 Å². The van der Waals surface area contributed by atoms with E-state index in [0.717, 1.165) is 0 Å². The molecule has 1 heterocycles. The normalized spacial score (nSPS) is 12.5. The van der Waals surface area contributed by atoms with Crippen LogP contribution in [0.15, 0.2) is 17.2 Å². The third-order valence-electron chi connectivity index (χ3n) is 2.20. The summed E-state index contributed by atoms with van der Waals surface area (Å²) in [5, 5.41) is 0. The predicted octanol–water partition coefficient (Wildman–Crippen LogP) is -0.923. The molecule has 1 aromatic rings. The summed E-state index contributed by atoms with van der Waals surface area (Å²) in [6.45, 7) is 0.413. The maximum Gasteiger partial charge on any atom is 0.327 e. The van der Waals surface area contributed by atoms with Crippen LogP contribution in [0.25, 0.3) is 0 Å². The van der Waals surface area contributed by atoms with Crippen molar-refractivity contribution in [3.05, 3.63) is 22.9 Å². The molecular formula is C9H15N3O3. The number of rotatable bonds is 4. The molecular weight excluding hydrogens is 198 g/mol. The van der Waals surface area contributed by atoms with Crippen LogP contribution in [0.2, 0.25) is 0 Å². The molecule has 2 N–H and O–H groups in total. The van der Waals surface area contributed by atoms with Gasteiger partial charge in [0.2, 0.25) is 0 Å². The highest BCUT2D eigenvalue weighted by Crippen LogP contribution is 1.94. The highest BCUT2D eigenvalue weighted by molar-refractivity contribution is 5.75. The summed E-state index contributed by atoms with van der Waals surface area (Å²) in [4.78, 5) is 22.4. The molecule has 1 aromatic heterocycles. The topological polar surface area (TPSA) is 79.2 Å². The quantitative estimate of drug-likeness (QED) is 0.656. The first-order valence-corrected chi connectivity index (χ1v) is 4.61. The van der Waals surface area contributed by atoms with Gasteiger partial charge in [-0.05, 0) is 6.42 Å². The third-order valence-corrected chi connectivity index (χ3v) is 2.20. The number of hydrogen-bond acceptors (Lipinski definition) is 4. The molecule has 1 unspecified atom stereocenters. The summed E-state index contributed by atoms with van der Waals surface area (Å²) >= 11 is 0. The van der Waals surface area contributed by atoms with Crippen molar-refractivity contribution in [3.63, 3.8) is 0 Å². The minimum Gasteiger partial charge on any atom is -0.468 e. The number of carbonyl (C=O) groups is 1. The van der Waals surface area contributed by atoms with Gasteiger partial charge < -0.3 is 15.0 Å². The van der Waals surface area contributed by atoms with E-state index in [4.69, 9.17) is 5.73 Å². The van der Waals surface area contributed by atoms with Crippen LogP contribution in [0, 0.1) is 0 Å². The fraction of sp³-hybridized carbons (Fsp3) is 0.556. The number of hydrogen-bond donors (Lipinski definition) is 1. The van der Waals surface area contributed by atoms with Gasteiger partial charge in [0.15, 0.2) is 0 Å². The maximum absolute atomic E-state index is 11.4. The van der Waals surface area contributed by atoms with E-state index < -0.39 is 12.0 Å². The number of carbonyl (C=O) groups excluding carboxylic acids is 1. The van der Waals surface area contributed by atoms with E-state index in [-0.39, 0.29) is 5.69 Å². The van der Waals surface area contributed by atoms with Crippen molar-refractivity contribution in [2.45, 2.75) is 19.0 Å². The average Bonchev–Trinajstić information content (AvgIpc) is 2.55. The van der Waals surface area contributed by atoms with E-state index in [9.17, 15) is 9.59 Å². The molecule has 84 valence electrons. The van der Waals surface area contributed by atoms with E-state index in [1.54, 1.807) is 19.4 Å². The van der Waals surface area contributed by atoms with Crippen LogP contribution in [0.1, 0.15) is 6.42 Å². The van der Waals surface area contributed by atoms with Crippen LogP contribution in [0.3, 0.4) is 0 Å². The van der Waals surface area contributed by atoms with Gasteiger partial charge in [-0.3, -0.25) is 9.36 Å². The molecule has 1 rings (SSSR count). The number of nitrogens with zero attached hydrogens (tertiary/aromatic N) is 2. The Morgan fingerprint density at radius 2 is 2.27 bits per heavy atom. The van der Waals surface area contributed by atoms with Crippen LogP contribution in [-0.2, 0) is 23.1 Å². The van der Waals surface area contributed by atoms with E-state index in [0.29, 0.717) is 13.0 Å². The van der Waals surface area contributed by atoms with E-state index >= 15 is 0 Å². The second kappa shape index (κ2) is 4.79. The molecule has 0 aromatic carbocycles. The van der Waals surface area contributed by atoms with Crippen molar-refractivity contribution in [2.75, 3.05) is 7.11 Å². The van der Waals surface area contributed by atoms with Gasteiger partial charge in [-0.1, -0.05) is 0 Å². The van der Waals surface area contributed by atoms with Gasteiger partial charge in [-0.2, -0.15) is 0 Å². The van der Waals surface area contributed by atoms with E-state index in [2.05, 4.69) is 4.74 Å². The zero-order valence-corrected chi connectivity index (χ0v) is 8.84. The second-order valence-corrected chi connectivity index (χ2v) is 3.30. The highest BCUT2D eigenvalue weighted by Gasteiger charge is 2.13. The van der Waals surface area contributed by atoms with Crippen LogP contribution in [-0.4, -0.2) is 28.3 Å². The predicted molar refractivity (Wildman–Crippen MR) is 54.3 cm³/mol. The van der Waals surface area contributed by atoms with E-state index in [1.807, 2.05) is 0 Å². The number of imidazole rings is 1. The second-order valence-electron chi connectivity index (χ2n) is 3.30. The maximum atomic E-state index is 11.4. The van der Waals surface area contributed by atoms with Crippen molar-refractivity contribution >= 4 is 5.97 Å². The lowest BCUT2D eigenvalue weighted by atomic mass is 10.2. The zero-order valence-electron chi connectivity index (χ0n) is 8.84. The summed E-state index contributed by atoms with van der Waals surface area (Å²) < 4.78 is 7.44. The molecule has 6 heteroatoms. The highest BCUT2D eigenvalue weighted by atomic mass is 16.5. The Labute approximate surface area is 87.2 Å². The molecule has 0 saturated heterocycles. The lowest BCUT2D eigenvalue weighted by Gasteiger charge is -2.08. The van der Waals surface area contributed by atoms with Gasteiger partial charge in [0, 0.05) is 26.0 Å². The lowest BCUT2D eigenvalue weighted by molar-refractivity contribution is -0.142. The van der Waals surface area contributed by atoms with Crippen LogP contribution in [0.5, 0.6) is 0 Å². The Hall–Kier alpha value is -1.56. The average molecular weight is 213 g/mol. The Bertz CT molecular complexity index is 394. The van der Waals surface area contributed by atoms with Gasteiger partial charge in [0.05, 0.1) is 7.11 Å². The zero-order chi connectivity index (χ0) is 11.4. The monoisotopic (exact) mass is 213 g/mol. The smallest absolute Gasteiger partial charge is 0.327 e. The van der Waals surface area contributed by atoms with Crippen molar-refractivity contribution in [1.29, 1.82) is 0 Å². The third kappa shape index (κ3) is 2.69.